The van der Waals surface area contributed by atoms with E-state index in [1.54, 1.807) is 17.0 Å². The number of nitrogens with zero attached hydrogens (tertiary/aromatic N) is 3. The van der Waals surface area contributed by atoms with Crippen LogP contribution < -0.4 is 20.3 Å². The minimum Gasteiger partial charge on any atom is -0.477 e. The van der Waals surface area contributed by atoms with Crippen LogP contribution in [0.2, 0.25) is 0 Å². The van der Waals surface area contributed by atoms with Gasteiger partial charge in [0.05, 0.1) is 19.8 Å². The third kappa shape index (κ3) is 7.32. The van der Waals surface area contributed by atoms with Gasteiger partial charge in [0.2, 0.25) is 5.88 Å². The number of piperazine rings is 1. The number of aryl methyl sites for hydroxylation is 1. The summed E-state index contributed by atoms with van der Waals surface area (Å²) in [6.45, 7) is 5.35. The molecule has 3 rings (SSSR count). The number of ether oxygens (including phenoxy) is 2. The van der Waals surface area contributed by atoms with E-state index >= 15 is 0 Å². The molecule has 1 fully saturated rings. The zero-order valence-corrected chi connectivity index (χ0v) is 21.3. The number of aliphatic hydroxyl groups excluding tert-OH is 1. The molecule has 2 aromatic rings. The monoisotopic (exact) mass is 499 g/mol. The maximum Gasteiger partial charge on any atom is 0.409 e. The second-order valence-corrected chi connectivity index (χ2v) is 8.60. The first-order valence-corrected chi connectivity index (χ1v) is 12.4. The number of benzene rings is 1. The molecule has 1 aliphatic heterocycles. The van der Waals surface area contributed by atoms with Crippen LogP contribution in [0.3, 0.4) is 0 Å². The van der Waals surface area contributed by atoms with E-state index in [-0.39, 0.29) is 24.4 Å². The molecule has 1 aliphatic rings. The second-order valence-electron chi connectivity index (χ2n) is 8.60. The van der Waals surface area contributed by atoms with Crippen molar-refractivity contribution >= 4 is 17.8 Å². The Hall–Kier alpha value is -3.37. The summed E-state index contributed by atoms with van der Waals surface area (Å²) in [5.41, 5.74) is 2.71. The van der Waals surface area contributed by atoms with E-state index in [1.165, 1.54) is 18.2 Å². The summed E-state index contributed by atoms with van der Waals surface area (Å²) in [6.07, 6.45) is 0.242. The fourth-order valence-corrected chi connectivity index (χ4v) is 4.17. The molecular formula is C26H37N5O5. The van der Waals surface area contributed by atoms with Crippen LogP contribution in [0, 0.1) is 0 Å². The topological polar surface area (TPSA) is 116 Å². The third-order valence-corrected chi connectivity index (χ3v) is 6.14. The van der Waals surface area contributed by atoms with Crippen molar-refractivity contribution in [1.82, 2.24) is 20.5 Å². The third-order valence-electron chi connectivity index (χ3n) is 6.14. The van der Waals surface area contributed by atoms with E-state index in [2.05, 4.69) is 27.8 Å². The molecule has 0 spiro atoms. The Balaban J connectivity index is 1.56. The summed E-state index contributed by atoms with van der Waals surface area (Å²) in [5, 5.41) is 16.4. The number of methoxy groups -OCH3 is 1. The highest BCUT2D eigenvalue weighted by atomic mass is 16.5. The van der Waals surface area contributed by atoms with Gasteiger partial charge in [0, 0.05) is 39.3 Å². The molecule has 1 saturated heterocycles. The molecule has 1 aromatic heterocycles. The highest BCUT2D eigenvalue weighted by Gasteiger charge is 2.24. The molecule has 10 nitrogen and oxygen atoms in total. The molecule has 2 heterocycles. The highest BCUT2D eigenvalue weighted by molar-refractivity contribution is 5.96. The predicted octanol–water partition coefficient (Wildman–Crippen LogP) is 1.81. The zero-order valence-electron chi connectivity index (χ0n) is 21.3. The number of carbonyl (C=O) groups excluding carboxylic acids is 2. The molecule has 0 saturated carbocycles. The number of hydrogen-bond donors (Lipinski definition) is 3. The van der Waals surface area contributed by atoms with Gasteiger partial charge in [-0.15, -0.1) is 0 Å². The van der Waals surface area contributed by atoms with Crippen molar-refractivity contribution in [2.75, 3.05) is 58.4 Å². The Kier molecular flexibility index (Phi) is 10.3. The van der Waals surface area contributed by atoms with Crippen molar-refractivity contribution in [2.45, 2.75) is 32.4 Å². The maximum absolute atomic E-state index is 12.9. The Morgan fingerprint density at radius 2 is 1.83 bits per heavy atom. The van der Waals surface area contributed by atoms with Crippen LogP contribution in [0.25, 0.3) is 0 Å². The molecule has 36 heavy (non-hydrogen) atoms. The van der Waals surface area contributed by atoms with Crippen molar-refractivity contribution in [2.24, 2.45) is 0 Å². The predicted molar refractivity (Wildman–Crippen MR) is 137 cm³/mol. The van der Waals surface area contributed by atoms with Gasteiger partial charge in [-0.05, 0) is 50.1 Å². The van der Waals surface area contributed by atoms with Gasteiger partial charge in [-0.2, -0.15) is 4.98 Å². The number of aliphatic hydroxyl groups is 1. The summed E-state index contributed by atoms with van der Waals surface area (Å²) in [4.78, 5) is 32.8. The number of aromatic nitrogens is 1. The smallest absolute Gasteiger partial charge is 0.409 e. The van der Waals surface area contributed by atoms with Gasteiger partial charge in [0.25, 0.3) is 5.91 Å². The number of nitrogens with one attached hydrogen (secondary N) is 2. The van der Waals surface area contributed by atoms with Crippen LogP contribution in [0.1, 0.15) is 34.8 Å². The largest absolute Gasteiger partial charge is 0.477 e. The molecule has 3 N–H and O–H groups in total. The van der Waals surface area contributed by atoms with E-state index in [4.69, 9.17) is 9.47 Å². The quantitative estimate of drug-likeness (QED) is 0.429. The van der Waals surface area contributed by atoms with Crippen LogP contribution in [0.15, 0.2) is 36.4 Å². The van der Waals surface area contributed by atoms with Gasteiger partial charge < -0.3 is 35.0 Å². The number of amides is 2. The van der Waals surface area contributed by atoms with Crippen molar-refractivity contribution in [3.05, 3.63) is 53.1 Å². The van der Waals surface area contributed by atoms with Gasteiger partial charge in [0.1, 0.15) is 11.4 Å². The molecule has 0 bridgehead atoms. The first kappa shape index (κ1) is 27.2. The van der Waals surface area contributed by atoms with Crippen LogP contribution in [-0.2, 0) is 17.7 Å². The summed E-state index contributed by atoms with van der Waals surface area (Å²) >= 11 is 0. The van der Waals surface area contributed by atoms with Crippen LogP contribution in [0.5, 0.6) is 5.88 Å². The molecule has 1 atom stereocenters. The summed E-state index contributed by atoms with van der Waals surface area (Å²) in [6, 6.07) is 11.6. The summed E-state index contributed by atoms with van der Waals surface area (Å²) in [5.74, 6) is 0.584. The van der Waals surface area contributed by atoms with Gasteiger partial charge >= 0.3 is 6.09 Å². The Morgan fingerprint density at radius 1 is 1.11 bits per heavy atom. The summed E-state index contributed by atoms with van der Waals surface area (Å²) < 4.78 is 10.4. The fourth-order valence-electron chi connectivity index (χ4n) is 4.17. The van der Waals surface area contributed by atoms with Gasteiger partial charge in [0.15, 0.2) is 0 Å². The Bertz CT molecular complexity index is 1010. The SMILES string of the molecule is CCOc1nc(N2CCN(C(=O)OC)CC2)ccc1C(=O)NC[C@@H](O)CCc1ccccc1CNC. The van der Waals surface area contributed by atoms with E-state index in [9.17, 15) is 14.7 Å². The molecule has 0 unspecified atom stereocenters. The lowest BCUT2D eigenvalue weighted by Gasteiger charge is -2.34. The minimum absolute atomic E-state index is 0.135. The van der Waals surface area contributed by atoms with Crippen LogP contribution in [-0.4, -0.2) is 86.6 Å². The molecule has 10 heteroatoms. The number of carbonyl (C=O) groups is 2. The van der Waals surface area contributed by atoms with Crippen LogP contribution >= 0.6 is 0 Å². The number of pyridine rings is 1. The maximum atomic E-state index is 12.9. The zero-order chi connectivity index (χ0) is 25.9. The highest BCUT2D eigenvalue weighted by Crippen LogP contribution is 2.23. The molecule has 0 aliphatic carbocycles. The second kappa shape index (κ2) is 13.6. The molecule has 2 amide bonds. The average Bonchev–Trinajstić information content (AvgIpc) is 2.91. The number of hydrogen-bond acceptors (Lipinski definition) is 8. The standard InChI is InChI=1S/C26H37N5O5/c1-4-36-25-22(11-12-23(29-25)30-13-15-31(16-14-30)26(34)35-3)24(33)28-18-21(32)10-9-19-7-5-6-8-20(19)17-27-2/h5-8,11-12,21,27,32H,4,9-10,13-18H2,1-3H3,(H,28,33)/t21-/m0/s1. The Labute approximate surface area is 212 Å². The number of rotatable bonds is 11. The van der Waals surface area contributed by atoms with Crippen molar-refractivity contribution < 1.29 is 24.2 Å². The van der Waals surface area contributed by atoms with Gasteiger partial charge in [-0.25, -0.2) is 4.79 Å². The van der Waals surface area contributed by atoms with E-state index < -0.39 is 6.10 Å². The van der Waals surface area contributed by atoms with E-state index in [0.29, 0.717) is 50.6 Å². The molecule has 1 aromatic carbocycles. The lowest BCUT2D eigenvalue weighted by Crippen LogP contribution is -2.49. The minimum atomic E-state index is -0.675. The first-order valence-electron chi connectivity index (χ1n) is 12.4. The van der Waals surface area contributed by atoms with E-state index in [1.807, 2.05) is 31.0 Å². The molecular weight excluding hydrogens is 462 g/mol. The van der Waals surface area contributed by atoms with Gasteiger partial charge in [-0.3, -0.25) is 4.79 Å². The lowest BCUT2D eigenvalue weighted by molar-refractivity contribution is 0.0906. The van der Waals surface area contributed by atoms with E-state index in [0.717, 1.165) is 13.0 Å². The number of anilines is 1. The molecule has 0 radical (unpaired) electrons. The molecule has 196 valence electrons. The normalized spacial score (nSPS) is 14.3. The first-order chi connectivity index (χ1) is 17.5. The van der Waals surface area contributed by atoms with Gasteiger partial charge in [-0.1, -0.05) is 24.3 Å². The summed E-state index contributed by atoms with van der Waals surface area (Å²) in [7, 11) is 3.28. The average molecular weight is 500 g/mol. The van der Waals surface area contributed by atoms with Crippen LogP contribution in [0.4, 0.5) is 10.6 Å². The lowest BCUT2D eigenvalue weighted by atomic mass is 10.0. The fraction of sp³-hybridized carbons (Fsp3) is 0.500. The van der Waals surface area contributed by atoms with Crippen molar-refractivity contribution in [3.63, 3.8) is 0 Å². The van der Waals surface area contributed by atoms with Crippen molar-refractivity contribution in [3.8, 4) is 5.88 Å². The Morgan fingerprint density at radius 3 is 2.50 bits per heavy atom. The van der Waals surface area contributed by atoms with Crippen molar-refractivity contribution in [1.29, 1.82) is 0 Å².